The number of rotatable bonds is 6. The Balaban J connectivity index is 1.64. The Hall–Kier alpha value is -3.07. The van der Waals surface area contributed by atoms with Crippen LogP contribution in [0.3, 0.4) is 0 Å². The summed E-state index contributed by atoms with van der Waals surface area (Å²) in [6.07, 6.45) is -3.99. The maximum Gasteiger partial charge on any atom is 0.573 e. The number of aromatic nitrogens is 4. The average molecular weight is 423 g/mol. The first-order valence-corrected chi connectivity index (χ1v) is 9.20. The number of fused-ring (bicyclic) bond motifs is 1. The Morgan fingerprint density at radius 3 is 2.55 bits per heavy atom. The van der Waals surface area contributed by atoms with Crippen molar-refractivity contribution in [2.45, 2.75) is 19.3 Å². The largest absolute Gasteiger partial charge is 0.573 e. The van der Waals surface area contributed by atoms with E-state index in [9.17, 15) is 13.2 Å². The molecule has 2 aromatic heterocycles. The zero-order valence-corrected chi connectivity index (χ0v) is 15.6. The molecular weight excluding hydrogens is 409 g/mol. The lowest BCUT2D eigenvalue weighted by atomic mass is 10.2. The van der Waals surface area contributed by atoms with Crippen LogP contribution in [0.5, 0.6) is 5.75 Å². The summed E-state index contributed by atoms with van der Waals surface area (Å²) < 4.78 is 47.9. The van der Waals surface area contributed by atoms with Crippen LogP contribution in [0.25, 0.3) is 33.9 Å². The Bertz CT molecular complexity index is 1120. The summed E-state index contributed by atoms with van der Waals surface area (Å²) in [5.41, 5.74) is 1.94. The van der Waals surface area contributed by atoms with Gasteiger partial charge in [0.25, 0.3) is 5.89 Å². The highest BCUT2D eigenvalue weighted by Crippen LogP contribution is 2.30. The molecule has 0 spiro atoms. The quantitative estimate of drug-likeness (QED) is 0.395. The molecule has 0 saturated carbocycles. The molecular formula is C19H14ClF3N4O2. The van der Waals surface area contributed by atoms with Gasteiger partial charge < -0.3 is 9.26 Å². The second kappa shape index (κ2) is 7.75. The average Bonchev–Trinajstić information content (AvgIpc) is 3.31. The van der Waals surface area contributed by atoms with E-state index >= 15 is 0 Å². The molecule has 0 atom stereocenters. The minimum absolute atomic E-state index is 0.219. The van der Waals surface area contributed by atoms with Crippen LogP contribution in [0.4, 0.5) is 13.2 Å². The Labute approximate surface area is 167 Å². The summed E-state index contributed by atoms with van der Waals surface area (Å²) in [5.74, 6) is 0.644. The minimum atomic E-state index is -4.75. The van der Waals surface area contributed by atoms with E-state index in [0.29, 0.717) is 23.7 Å². The van der Waals surface area contributed by atoms with E-state index in [0.717, 1.165) is 17.3 Å². The molecule has 0 fully saturated rings. The van der Waals surface area contributed by atoms with E-state index in [4.69, 9.17) is 16.1 Å². The third-order valence-electron chi connectivity index (χ3n) is 4.14. The molecule has 0 unspecified atom stereocenters. The predicted molar refractivity (Wildman–Crippen MR) is 100 cm³/mol. The molecule has 0 aliphatic rings. The van der Waals surface area contributed by atoms with Crippen molar-refractivity contribution in [3.05, 3.63) is 48.5 Å². The van der Waals surface area contributed by atoms with Gasteiger partial charge in [0.1, 0.15) is 5.75 Å². The molecule has 0 radical (unpaired) electrons. The van der Waals surface area contributed by atoms with E-state index in [1.54, 1.807) is 0 Å². The monoisotopic (exact) mass is 422 g/mol. The van der Waals surface area contributed by atoms with Crippen molar-refractivity contribution in [2.75, 3.05) is 5.88 Å². The van der Waals surface area contributed by atoms with Gasteiger partial charge in [-0.25, -0.2) is 0 Å². The van der Waals surface area contributed by atoms with Gasteiger partial charge in [0.15, 0.2) is 5.69 Å². The van der Waals surface area contributed by atoms with E-state index in [2.05, 4.69) is 20.0 Å². The maximum absolute atomic E-state index is 12.3. The number of aryl methyl sites for hydroxylation is 1. The molecule has 2 aromatic carbocycles. The number of para-hydroxylation sites is 1. The molecule has 0 aliphatic carbocycles. The summed E-state index contributed by atoms with van der Waals surface area (Å²) in [4.78, 5) is 4.36. The topological polar surface area (TPSA) is 66.0 Å². The maximum atomic E-state index is 12.3. The second-order valence-electron chi connectivity index (χ2n) is 6.13. The summed E-state index contributed by atoms with van der Waals surface area (Å²) in [7, 11) is 0. The normalized spacial score (nSPS) is 11.9. The van der Waals surface area contributed by atoms with Crippen LogP contribution in [0, 0.1) is 0 Å². The molecule has 150 valence electrons. The third-order valence-corrected chi connectivity index (χ3v) is 4.40. The second-order valence-corrected chi connectivity index (χ2v) is 6.50. The summed E-state index contributed by atoms with van der Waals surface area (Å²) in [6, 6.07) is 12.9. The fraction of sp³-hybridized carbons (Fsp3) is 0.211. The highest BCUT2D eigenvalue weighted by molar-refractivity contribution is 6.17. The number of hydrogen-bond donors (Lipinski definition) is 0. The van der Waals surface area contributed by atoms with Crippen LogP contribution < -0.4 is 4.74 Å². The van der Waals surface area contributed by atoms with Gasteiger partial charge in [0, 0.05) is 23.4 Å². The Morgan fingerprint density at radius 1 is 1.07 bits per heavy atom. The SMILES string of the molecule is FC(F)(F)Oc1ccc(-c2noc(-c3nn(CCCCl)c4ccccc34)n2)cc1. The first-order chi connectivity index (χ1) is 13.9. The highest BCUT2D eigenvalue weighted by atomic mass is 35.5. The van der Waals surface area contributed by atoms with Crippen LogP contribution in [-0.2, 0) is 6.54 Å². The fourth-order valence-corrected chi connectivity index (χ4v) is 3.03. The first kappa shape index (κ1) is 19.3. The summed E-state index contributed by atoms with van der Waals surface area (Å²) in [5, 5.41) is 9.35. The molecule has 0 bridgehead atoms. The van der Waals surface area contributed by atoms with Gasteiger partial charge in [0.05, 0.1) is 5.52 Å². The molecule has 0 aliphatic heterocycles. The summed E-state index contributed by atoms with van der Waals surface area (Å²) in [6.45, 7) is 0.645. The van der Waals surface area contributed by atoms with Crippen LogP contribution in [0.15, 0.2) is 53.1 Å². The molecule has 29 heavy (non-hydrogen) atoms. The number of alkyl halides is 4. The molecule has 0 saturated heterocycles. The highest BCUT2D eigenvalue weighted by Gasteiger charge is 2.31. The van der Waals surface area contributed by atoms with E-state index < -0.39 is 6.36 Å². The van der Waals surface area contributed by atoms with Gasteiger partial charge in [-0.2, -0.15) is 10.1 Å². The Kier molecular flexibility index (Phi) is 5.14. The fourth-order valence-electron chi connectivity index (χ4n) is 2.91. The predicted octanol–water partition coefficient (Wildman–Crippen LogP) is 5.28. The number of benzene rings is 2. The first-order valence-electron chi connectivity index (χ1n) is 8.66. The van der Waals surface area contributed by atoms with Gasteiger partial charge in [-0.1, -0.05) is 23.4 Å². The van der Waals surface area contributed by atoms with Crippen molar-refractivity contribution in [3.8, 4) is 28.7 Å². The van der Waals surface area contributed by atoms with Crippen molar-refractivity contribution in [3.63, 3.8) is 0 Å². The van der Waals surface area contributed by atoms with Gasteiger partial charge in [-0.05, 0) is 36.8 Å². The minimum Gasteiger partial charge on any atom is -0.406 e. The van der Waals surface area contributed by atoms with Crippen molar-refractivity contribution < 1.29 is 22.4 Å². The number of hydrogen-bond acceptors (Lipinski definition) is 5. The van der Waals surface area contributed by atoms with Gasteiger partial charge >= 0.3 is 6.36 Å². The van der Waals surface area contributed by atoms with Crippen LogP contribution >= 0.6 is 11.6 Å². The lowest BCUT2D eigenvalue weighted by molar-refractivity contribution is -0.274. The van der Waals surface area contributed by atoms with Crippen LogP contribution in [-0.4, -0.2) is 32.2 Å². The van der Waals surface area contributed by atoms with Crippen LogP contribution in [0.1, 0.15) is 6.42 Å². The van der Waals surface area contributed by atoms with Crippen molar-refractivity contribution in [1.82, 2.24) is 19.9 Å². The molecule has 2 heterocycles. The van der Waals surface area contributed by atoms with Crippen molar-refractivity contribution in [1.29, 1.82) is 0 Å². The lowest BCUT2D eigenvalue weighted by Gasteiger charge is -2.08. The summed E-state index contributed by atoms with van der Waals surface area (Å²) >= 11 is 5.79. The standard InChI is InChI=1S/C19H14ClF3N4O2/c20-10-3-11-27-15-5-2-1-4-14(15)16(25-27)18-24-17(26-29-18)12-6-8-13(9-7-12)28-19(21,22)23/h1-2,4-9H,3,10-11H2. The molecule has 4 rings (SSSR count). The van der Waals surface area contributed by atoms with E-state index in [1.165, 1.54) is 24.3 Å². The zero-order chi connectivity index (χ0) is 20.4. The van der Waals surface area contributed by atoms with Crippen molar-refractivity contribution >= 4 is 22.5 Å². The molecule has 4 aromatic rings. The molecule has 10 heteroatoms. The smallest absolute Gasteiger partial charge is 0.406 e. The van der Waals surface area contributed by atoms with Gasteiger partial charge in [-0.15, -0.1) is 24.8 Å². The lowest BCUT2D eigenvalue weighted by Crippen LogP contribution is -2.16. The number of ether oxygens (including phenoxy) is 1. The van der Waals surface area contributed by atoms with Gasteiger partial charge in [0.2, 0.25) is 5.82 Å². The molecule has 0 N–H and O–H groups in total. The molecule has 6 nitrogen and oxygen atoms in total. The number of nitrogens with zero attached hydrogens (tertiary/aromatic N) is 4. The number of halogens is 4. The van der Waals surface area contributed by atoms with Crippen molar-refractivity contribution in [2.24, 2.45) is 0 Å². The van der Waals surface area contributed by atoms with Gasteiger partial charge in [-0.3, -0.25) is 4.68 Å². The van der Waals surface area contributed by atoms with E-state index in [-0.39, 0.29) is 17.5 Å². The van der Waals surface area contributed by atoms with Crippen LogP contribution in [0.2, 0.25) is 0 Å². The Morgan fingerprint density at radius 2 is 1.83 bits per heavy atom. The van der Waals surface area contributed by atoms with E-state index in [1.807, 2.05) is 28.9 Å². The third kappa shape index (κ3) is 4.19. The molecule has 0 amide bonds. The zero-order valence-electron chi connectivity index (χ0n) is 14.9.